The lowest BCUT2D eigenvalue weighted by atomic mass is 9.49. The van der Waals surface area contributed by atoms with Gasteiger partial charge < -0.3 is 40.5 Å². The summed E-state index contributed by atoms with van der Waals surface area (Å²) in [7, 11) is 0. The lowest BCUT2D eigenvalue weighted by Gasteiger charge is -2.63. The summed E-state index contributed by atoms with van der Waals surface area (Å²) >= 11 is 7.78. The molecule has 4 atom stereocenters. The summed E-state index contributed by atoms with van der Waals surface area (Å²) in [6.45, 7) is 15.3. The minimum Gasteiger partial charge on any atom is -0.489 e. The first-order chi connectivity index (χ1) is 34.0. The van der Waals surface area contributed by atoms with Crippen molar-refractivity contribution >= 4 is 46.5 Å². The molecule has 7 rings (SSSR count). The Balaban J connectivity index is 0.866. The summed E-state index contributed by atoms with van der Waals surface area (Å²) in [6.07, 6.45) is -1.28. The van der Waals surface area contributed by atoms with E-state index in [4.69, 9.17) is 21.1 Å². The molecule has 1 aliphatic carbocycles. The molecule has 72 heavy (non-hydrogen) atoms. The van der Waals surface area contributed by atoms with Gasteiger partial charge in [0.15, 0.2) is 0 Å². The van der Waals surface area contributed by atoms with Crippen LogP contribution in [0.1, 0.15) is 83.5 Å². The number of carbonyl (C=O) groups excluding carboxylic acids is 3. The zero-order valence-corrected chi connectivity index (χ0v) is 43.1. The normalized spacial score (nSPS) is 19.9. The fourth-order valence-electron chi connectivity index (χ4n) is 9.98. The molecule has 19 heteroatoms. The van der Waals surface area contributed by atoms with E-state index >= 15 is 8.78 Å². The molecule has 2 fully saturated rings. The number of rotatable bonds is 18. The van der Waals surface area contributed by atoms with Gasteiger partial charge in [0.2, 0.25) is 17.7 Å². The minimum atomic E-state index is -1.41. The highest BCUT2D eigenvalue weighted by Gasteiger charge is 2.64. The average molecular weight is 1030 g/mol. The van der Waals surface area contributed by atoms with Crippen molar-refractivity contribution in [2.75, 3.05) is 31.6 Å². The van der Waals surface area contributed by atoms with E-state index in [1.807, 2.05) is 65.0 Å². The number of carbonyl (C=O) groups is 3. The standard InChI is InChI=1S/C53H61ClF2N8O7S/c1-29-44(72-28-61-29)31-11-9-30(10-12-31)24-60-47(68)40-21-35(65)26-64(40)48(69)45(51(2,3)4)62-42(66)27-70-18-17-58-41-16-14-33(25-59-41)43-38(55)19-34(20-39(43)56)46(67)63-49-52(5,6)50(53(49,7)8)71-36-15-13-32(23-57)37(54)22-36/h9-16,19-20,22,25,28,35,40,45-46,49-50,63,65,67H,17-18,21,24,26-27H2,1-8H3,(H,58,59)(H,60,68)(H,62,66)/t35-,40+,45-,46?,49-,50-/m1/s1. The molecule has 3 aromatic carbocycles. The van der Waals surface area contributed by atoms with Crippen molar-refractivity contribution in [1.29, 1.82) is 5.26 Å². The number of nitriles is 1. The average Bonchev–Trinajstić information content (AvgIpc) is 3.95. The van der Waals surface area contributed by atoms with E-state index in [9.17, 15) is 29.9 Å². The molecule has 3 amide bonds. The molecule has 3 heterocycles. The Morgan fingerprint density at radius 2 is 1.68 bits per heavy atom. The number of aliphatic hydroxyl groups excluding tert-OH is 2. The van der Waals surface area contributed by atoms with Crippen LogP contribution in [-0.2, 0) is 25.7 Å². The predicted molar refractivity (Wildman–Crippen MR) is 271 cm³/mol. The third-order valence-corrected chi connectivity index (χ3v) is 14.7. The van der Waals surface area contributed by atoms with Crippen molar-refractivity contribution in [1.82, 2.24) is 30.8 Å². The summed E-state index contributed by atoms with van der Waals surface area (Å²) in [6, 6.07) is 17.6. The fraction of sp³-hybridized carbons (Fsp3) is 0.434. The van der Waals surface area contributed by atoms with Crippen LogP contribution in [0.15, 0.2) is 78.4 Å². The number of thiazole rings is 1. The van der Waals surface area contributed by atoms with E-state index in [1.54, 1.807) is 61.9 Å². The lowest BCUT2D eigenvalue weighted by Crippen LogP contribution is -2.74. The molecule has 1 aliphatic heterocycles. The molecule has 382 valence electrons. The third-order valence-electron chi connectivity index (χ3n) is 13.4. The highest BCUT2D eigenvalue weighted by atomic mass is 35.5. The molecule has 1 saturated carbocycles. The number of hydrogen-bond donors (Lipinski definition) is 6. The molecule has 1 saturated heterocycles. The van der Waals surface area contributed by atoms with Gasteiger partial charge in [0, 0.05) is 66.3 Å². The second-order valence-corrected chi connectivity index (χ2v) is 21.9. The van der Waals surface area contributed by atoms with Crippen LogP contribution >= 0.6 is 22.9 Å². The number of pyridine rings is 1. The Kier molecular flexibility index (Phi) is 16.4. The van der Waals surface area contributed by atoms with Crippen molar-refractivity contribution in [2.24, 2.45) is 16.2 Å². The zero-order valence-electron chi connectivity index (χ0n) is 41.5. The quantitative estimate of drug-likeness (QED) is 0.0369. The van der Waals surface area contributed by atoms with Crippen LogP contribution in [0.2, 0.25) is 5.02 Å². The molecular weight excluding hydrogens is 966 g/mol. The van der Waals surface area contributed by atoms with Crippen molar-refractivity contribution in [3.05, 3.63) is 117 Å². The van der Waals surface area contributed by atoms with Crippen LogP contribution in [0.5, 0.6) is 5.75 Å². The number of halogens is 3. The van der Waals surface area contributed by atoms with E-state index in [0.29, 0.717) is 17.1 Å². The van der Waals surface area contributed by atoms with Gasteiger partial charge in [-0.1, -0.05) is 84.3 Å². The third kappa shape index (κ3) is 11.9. The summed E-state index contributed by atoms with van der Waals surface area (Å²) in [5, 5.41) is 43.1. The molecule has 0 bridgehead atoms. The summed E-state index contributed by atoms with van der Waals surface area (Å²) in [5.74, 6) is -2.36. The van der Waals surface area contributed by atoms with Crippen molar-refractivity contribution in [3.63, 3.8) is 0 Å². The number of aliphatic hydroxyl groups is 2. The highest BCUT2D eigenvalue weighted by Crippen LogP contribution is 2.56. The largest absolute Gasteiger partial charge is 0.489 e. The van der Waals surface area contributed by atoms with Crippen LogP contribution in [0, 0.1) is 46.1 Å². The van der Waals surface area contributed by atoms with Crippen LogP contribution < -0.4 is 26.0 Å². The predicted octanol–water partition coefficient (Wildman–Crippen LogP) is 7.68. The van der Waals surface area contributed by atoms with Gasteiger partial charge in [0.25, 0.3) is 0 Å². The maximum absolute atomic E-state index is 15.6. The Morgan fingerprint density at radius 3 is 2.28 bits per heavy atom. The van der Waals surface area contributed by atoms with Crippen LogP contribution in [0.3, 0.4) is 0 Å². The Bertz CT molecular complexity index is 2780. The Morgan fingerprint density at radius 1 is 1.00 bits per heavy atom. The van der Waals surface area contributed by atoms with Gasteiger partial charge in [-0.25, -0.2) is 18.7 Å². The first kappa shape index (κ1) is 53.7. The minimum absolute atomic E-state index is 0.000967. The number of likely N-dealkylation sites (tertiary alicyclic amines) is 1. The molecular formula is C53H61ClF2N8O7S. The number of nitrogens with zero attached hydrogens (tertiary/aromatic N) is 4. The molecule has 0 radical (unpaired) electrons. The smallest absolute Gasteiger partial charge is 0.246 e. The number of aromatic nitrogens is 2. The van der Waals surface area contributed by atoms with Gasteiger partial charge in [0.1, 0.15) is 60.3 Å². The van der Waals surface area contributed by atoms with E-state index in [-0.39, 0.29) is 73.1 Å². The number of ether oxygens (including phenoxy) is 2. The number of aryl methyl sites for hydroxylation is 1. The highest BCUT2D eigenvalue weighted by molar-refractivity contribution is 7.13. The van der Waals surface area contributed by atoms with Crippen molar-refractivity contribution < 1.29 is 42.9 Å². The van der Waals surface area contributed by atoms with Gasteiger partial charge in [-0.15, -0.1) is 11.3 Å². The maximum atomic E-state index is 15.6. The van der Waals surface area contributed by atoms with Crippen LogP contribution in [-0.4, -0.2) is 99.4 Å². The second kappa shape index (κ2) is 22.0. The van der Waals surface area contributed by atoms with Gasteiger partial charge in [-0.2, -0.15) is 5.26 Å². The van der Waals surface area contributed by atoms with Crippen LogP contribution in [0.25, 0.3) is 21.6 Å². The van der Waals surface area contributed by atoms with Crippen molar-refractivity contribution in [3.8, 4) is 33.4 Å². The fourth-order valence-corrected chi connectivity index (χ4v) is 11.0. The molecule has 0 spiro atoms. The van der Waals surface area contributed by atoms with Crippen molar-refractivity contribution in [2.45, 2.75) is 105 Å². The van der Waals surface area contributed by atoms with E-state index in [0.717, 1.165) is 33.8 Å². The monoisotopic (exact) mass is 1030 g/mol. The van der Waals surface area contributed by atoms with Gasteiger partial charge in [-0.05, 0) is 59.9 Å². The second-order valence-electron chi connectivity index (χ2n) is 20.6. The SMILES string of the molecule is Cc1ncsc1-c1ccc(CNC(=O)[C@@H]2C[C@@H](O)CN2C(=O)[C@@H](NC(=O)COCCNc2ccc(-c3c(F)cc(C(O)N[C@H]4C(C)(C)[C@H](Oc5ccc(C#N)c(Cl)c5)C4(C)C)cc3F)cn2)C(C)(C)C)cc1. The summed E-state index contributed by atoms with van der Waals surface area (Å²) in [5.41, 5.74) is 2.99. The molecule has 6 N–H and O–H groups in total. The van der Waals surface area contributed by atoms with Gasteiger partial charge in [0.05, 0.1) is 44.9 Å². The molecule has 2 aliphatic rings. The van der Waals surface area contributed by atoms with E-state index in [1.165, 1.54) is 17.2 Å². The number of hydrogen-bond acceptors (Lipinski definition) is 13. The first-order valence-electron chi connectivity index (χ1n) is 23.6. The topological polar surface area (TPSA) is 211 Å². The molecule has 2 aromatic heterocycles. The number of nitrogens with one attached hydrogen (secondary N) is 4. The maximum Gasteiger partial charge on any atom is 0.246 e. The zero-order chi connectivity index (χ0) is 52.3. The van der Waals surface area contributed by atoms with Gasteiger partial charge >= 0.3 is 0 Å². The Labute approximate surface area is 427 Å². The van der Waals surface area contributed by atoms with E-state index in [2.05, 4.69) is 31.2 Å². The molecule has 15 nitrogen and oxygen atoms in total. The Hall–Kier alpha value is -6.07. The number of amides is 3. The first-order valence-corrected chi connectivity index (χ1v) is 24.9. The number of β-amino-alcohol motifs (C(OH)–C–C–N with tert-alkyl or cyclic N) is 1. The molecule has 1 unspecified atom stereocenters. The van der Waals surface area contributed by atoms with Crippen LogP contribution in [0.4, 0.5) is 14.6 Å². The summed E-state index contributed by atoms with van der Waals surface area (Å²) < 4.78 is 43.2. The number of anilines is 1. The lowest BCUT2D eigenvalue weighted by molar-refractivity contribution is -0.179. The molecule has 5 aromatic rings. The number of benzene rings is 3. The van der Waals surface area contributed by atoms with E-state index < -0.39 is 70.0 Å². The van der Waals surface area contributed by atoms with Gasteiger partial charge in [-0.3, -0.25) is 19.7 Å². The summed E-state index contributed by atoms with van der Waals surface area (Å²) in [4.78, 5) is 51.6.